The van der Waals surface area contributed by atoms with Gasteiger partial charge in [-0.2, -0.15) is 0 Å². The first kappa shape index (κ1) is 6.35. The third-order valence-corrected chi connectivity index (χ3v) is 5.08. The van der Waals surface area contributed by atoms with Gasteiger partial charge in [-0.15, -0.1) is 11.8 Å². The Balaban J connectivity index is 2.04. The smallest absolute Gasteiger partial charge is 0.310 e. The van der Waals surface area contributed by atoms with Crippen LogP contribution in [-0.2, 0) is 9.53 Å². The number of ether oxygens (including phenoxy) is 1. The van der Waals surface area contributed by atoms with Crippen molar-refractivity contribution in [3.8, 4) is 0 Å². The van der Waals surface area contributed by atoms with Gasteiger partial charge in [-0.05, 0) is 6.42 Å². The fourth-order valence-electron chi connectivity index (χ4n) is 2.52. The second-order valence-electron chi connectivity index (χ2n) is 3.74. The molecular formula is C8H10O2S. The Morgan fingerprint density at radius 1 is 1.64 bits per heavy atom. The topological polar surface area (TPSA) is 26.3 Å². The lowest BCUT2D eigenvalue weighted by Crippen LogP contribution is -2.29. The van der Waals surface area contributed by atoms with E-state index in [-0.39, 0.29) is 18.0 Å². The molecule has 3 saturated heterocycles. The molecule has 11 heavy (non-hydrogen) atoms. The SMILES string of the molecule is C[C@H]1C2CC3C(=O)OC1C3S2. The molecule has 0 spiro atoms. The number of hydrogen-bond acceptors (Lipinski definition) is 3. The van der Waals surface area contributed by atoms with Crippen LogP contribution in [0.5, 0.6) is 0 Å². The summed E-state index contributed by atoms with van der Waals surface area (Å²) in [5.74, 6) is 0.929. The summed E-state index contributed by atoms with van der Waals surface area (Å²) < 4.78 is 5.29. The minimum atomic E-state index is 0.0688. The number of fused-ring (bicyclic) bond motifs is 1. The van der Waals surface area contributed by atoms with Crippen LogP contribution in [0, 0.1) is 11.8 Å². The summed E-state index contributed by atoms with van der Waals surface area (Å²) in [6.45, 7) is 2.21. The van der Waals surface area contributed by atoms with Crippen molar-refractivity contribution in [1.29, 1.82) is 0 Å². The van der Waals surface area contributed by atoms with E-state index in [1.807, 2.05) is 11.8 Å². The predicted octanol–water partition coefficient (Wildman–Crippen LogP) is 1.05. The monoisotopic (exact) mass is 170 g/mol. The zero-order chi connectivity index (χ0) is 7.59. The van der Waals surface area contributed by atoms with Crippen molar-refractivity contribution in [2.45, 2.75) is 29.9 Å². The van der Waals surface area contributed by atoms with Gasteiger partial charge in [-0.3, -0.25) is 4.79 Å². The largest absolute Gasteiger partial charge is 0.461 e. The van der Waals surface area contributed by atoms with Crippen LogP contribution in [0.15, 0.2) is 0 Å². The number of rotatable bonds is 0. The molecule has 0 N–H and O–H groups in total. The van der Waals surface area contributed by atoms with Crippen molar-refractivity contribution in [2.75, 3.05) is 0 Å². The molecule has 5 atom stereocenters. The van der Waals surface area contributed by atoms with Gasteiger partial charge in [0.25, 0.3) is 0 Å². The Labute approximate surface area is 69.7 Å². The van der Waals surface area contributed by atoms with Gasteiger partial charge in [0.1, 0.15) is 6.10 Å². The van der Waals surface area contributed by atoms with E-state index in [0.29, 0.717) is 16.4 Å². The van der Waals surface area contributed by atoms with Crippen LogP contribution >= 0.6 is 11.8 Å². The number of carbonyl (C=O) groups excluding carboxylic acids is 1. The molecule has 2 nitrogen and oxygen atoms in total. The van der Waals surface area contributed by atoms with Crippen molar-refractivity contribution in [2.24, 2.45) is 11.8 Å². The number of thioether (sulfide) groups is 1. The molecular weight excluding hydrogens is 160 g/mol. The normalized spacial score (nSPS) is 58.6. The summed E-state index contributed by atoms with van der Waals surface area (Å²) in [5.41, 5.74) is 0. The summed E-state index contributed by atoms with van der Waals surface area (Å²) in [5, 5.41) is 1.23. The van der Waals surface area contributed by atoms with E-state index >= 15 is 0 Å². The Hall–Kier alpha value is -0.180. The second kappa shape index (κ2) is 1.76. The molecule has 0 amide bonds. The molecule has 0 saturated carbocycles. The number of hydrogen-bond donors (Lipinski definition) is 0. The fraction of sp³-hybridized carbons (Fsp3) is 0.875. The minimum Gasteiger partial charge on any atom is -0.461 e. The van der Waals surface area contributed by atoms with Gasteiger partial charge < -0.3 is 4.74 Å². The zero-order valence-electron chi connectivity index (χ0n) is 6.32. The van der Waals surface area contributed by atoms with Gasteiger partial charge in [-0.1, -0.05) is 6.92 Å². The first-order valence-electron chi connectivity index (χ1n) is 4.13. The van der Waals surface area contributed by atoms with Gasteiger partial charge >= 0.3 is 5.97 Å². The maximum Gasteiger partial charge on any atom is 0.310 e. The third kappa shape index (κ3) is 0.593. The molecule has 3 heterocycles. The molecule has 3 fully saturated rings. The summed E-state index contributed by atoms with van der Waals surface area (Å²) in [7, 11) is 0. The summed E-state index contributed by atoms with van der Waals surface area (Å²) in [4.78, 5) is 11.2. The van der Waals surface area contributed by atoms with Crippen molar-refractivity contribution in [1.82, 2.24) is 0 Å². The minimum absolute atomic E-state index is 0.0688. The van der Waals surface area contributed by atoms with Crippen LogP contribution in [-0.4, -0.2) is 22.6 Å². The lowest BCUT2D eigenvalue weighted by Gasteiger charge is -2.18. The second-order valence-corrected chi connectivity index (χ2v) is 5.16. The Kier molecular flexibility index (Phi) is 1.02. The molecule has 3 heteroatoms. The van der Waals surface area contributed by atoms with E-state index in [1.165, 1.54) is 0 Å². The average Bonchev–Trinajstić information content (AvgIpc) is 2.53. The van der Waals surface area contributed by atoms with Crippen LogP contribution < -0.4 is 0 Å². The molecule has 0 aromatic rings. The van der Waals surface area contributed by atoms with E-state index in [1.54, 1.807) is 0 Å². The molecule has 3 rings (SSSR count). The summed E-state index contributed by atoms with van der Waals surface area (Å²) in [6, 6.07) is 0. The van der Waals surface area contributed by atoms with Crippen molar-refractivity contribution in [3.63, 3.8) is 0 Å². The van der Waals surface area contributed by atoms with E-state index in [0.717, 1.165) is 6.42 Å². The molecule has 0 aromatic heterocycles. The number of esters is 1. The fourth-order valence-corrected chi connectivity index (χ4v) is 4.51. The van der Waals surface area contributed by atoms with Crippen molar-refractivity contribution < 1.29 is 9.53 Å². The lowest BCUT2D eigenvalue weighted by molar-refractivity contribution is -0.144. The van der Waals surface area contributed by atoms with Crippen LogP contribution in [0.25, 0.3) is 0 Å². The quantitative estimate of drug-likeness (QED) is 0.508. The molecule has 60 valence electrons. The third-order valence-electron chi connectivity index (χ3n) is 3.20. The summed E-state index contributed by atoms with van der Waals surface area (Å²) >= 11 is 1.98. The maximum atomic E-state index is 11.2. The van der Waals surface area contributed by atoms with E-state index < -0.39 is 0 Å². The van der Waals surface area contributed by atoms with Crippen LogP contribution in [0.1, 0.15) is 13.3 Å². The first-order valence-corrected chi connectivity index (χ1v) is 5.07. The highest BCUT2D eigenvalue weighted by molar-refractivity contribution is 8.01. The Morgan fingerprint density at radius 3 is 3.09 bits per heavy atom. The lowest BCUT2D eigenvalue weighted by atomic mass is 9.83. The Bertz CT molecular complexity index is 228. The number of carbonyl (C=O) groups is 1. The summed E-state index contributed by atoms with van der Waals surface area (Å²) in [6.07, 6.45) is 1.34. The highest BCUT2D eigenvalue weighted by Gasteiger charge is 2.60. The van der Waals surface area contributed by atoms with E-state index in [2.05, 4.69) is 6.92 Å². The van der Waals surface area contributed by atoms with Crippen LogP contribution in [0.3, 0.4) is 0 Å². The Morgan fingerprint density at radius 2 is 2.45 bits per heavy atom. The van der Waals surface area contributed by atoms with E-state index in [4.69, 9.17) is 4.74 Å². The molecule has 2 bridgehead atoms. The van der Waals surface area contributed by atoms with Gasteiger partial charge in [0.15, 0.2) is 0 Å². The van der Waals surface area contributed by atoms with Crippen LogP contribution in [0.2, 0.25) is 0 Å². The highest BCUT2D eigenvalue weighted by atomic mass is 32.2. The van der Waals surface area contributed by atoms with Crippen molar-refractivity contribution >= 4 is 17.7 Å². The van der Waals surface area contributed by atoms with Gasteiger partial charge in [0, 0.05) is 11.2 Å². The molecule has 0 radical (unpaired) electrons. The molecule has 3 aliphatic heterocycles. The van der Waals surface area contributed by atoms with Gasteiger partial charge in [-0.25, -0.2) is 0 Å². The van der Waals surface area contributed by atoms with Crippen molar-refractivity contribution in [3.05, 3.63) is 0 Å². The molecule has 0 aromatic carbocycles. The average molecular weight is 170 g/mol. The molecule has 3 aliphatic rings. The van der Waals surface area contributed by atoms with Crippen LogP contribution in [0.4, 0.5) is 0 Å². The highest BCUT2D eigenvalue weighted by Crippen LogP contribution is 2.57. The van der Waals surface area contributed by atoms with Gasteiger partial charge in [0.2, 0.25) is 0 Å². The predicted molar refractivity (Wildman–Crippen MR) is 42.3 cm³/mol. The first-order chi connectivity index (χ1) is 5.27. The maximum absolute atomic E-state index is 11.2. The molecule has 4 unspecified atom stereocenters. The van der Waals surface area contributed by atoms with Gasteiger partial charge in [0.05, 0.1) is 11.2 Å². The standard InChI is InChI=1S/C8H10O2S/c1-3-5-2-4-7(11-5)6(3)10-8(4)9/h3-7H,2H2,1H3/t3-,4?,5?,6?,7?/m0/s1. The molecule has 0 aliphatic carbocycles. The zero-order valence-corrected chi connectivity index (χ0v) is 7.14. The van der Waals surface area contributed by atoms with E-state index in [9.17, 15) is 4.79 Å².